The van der Waals surface area contributed by atoms with Gasteiger partial charge in [0.2, 0.25) is 5.91 Å². The van der Waals surface area contributed by atoms with Gasteiger partial charge in [0.25, 0.3) is 0 Å². The predicted octanol–water partition coefficient (Wildman–Crippen LogP) is 1.31. The average Bonchev–Trinajstić information content (AvgIpc) is 2.44. The highest BCUT2D eigenvalue weighted by Crippen LogP contribution is 2.45. The van der Waals surface area contributed by atoms with Gasteiger partial charge < -0.3 is 5.32 Å². The first-order valence-electron chi connectivity index (χ1n) is 4.47. The molecule has 0 bridgehead atoms. The maximum Gasteiger partial charge on any atom is 0.220 e. The zero-order valence-corrected chi connectivity index (χ0v) is 7.02. The van der Waals surface area contributed by atoms with E-state index in [0.29, 0.717) is 5.41 Å². The van der Waals surface area contributed by atoms with Gasteiger partial charge in [-0.05, 0) is 24.2 Å². The first-order valence-corrected chi connectivity index (χ1v) is 4.47. The summed E-state index contributed by atoms with van der Waals surface area (Å²) in [5.74, 6) is 1.10. The fraction of sp³-hybridized carbons (Fsp3) is 0.889. The second-order valence-corrected chi connectivity index (χ2v) is 4.30. The molecule has 2 fully saturated rings. The molecule has 0 radical (unpaired) electrons. The van der Waals surface area contributed by atoms with Crippen molar-refractivity contribution in [2.75, 3.05) is 6.54 Å². The summed E-state index contributed by atoms with van der Waals surface area (Å²) in [6.07, 6.45) is 4.62. The molecule has 1 N–H and O–H groups in total. The molecule has 1 saturated heterocycles. The fourth-order valence-electron chi connectivity index (χ4n) is 2.57. The van der Waals surface area contributed by atoms with E-state index in [1.54, 1.807) is 0 Å². The van der Waals surface area contributed by atoms with Crippen LogP contribution in [0.3, 0.4) is 0 Å². The number of carbonyl (C=O) groups is 1. The van der Waals surface area contributed by atoms with E-state index < -0.39 is 0 Å². The highest BCUT2D eigenvalue weighted by molar-refractivity contribution is 5.79. The van der Waals surface area contributed by atoms with E-state index in [0.717, 1.165) is 18.9 Å². The Morgan fingerprint density at radius 2 is 2.45 bits per heavy atom. The third-order valence-corrected chi connectivity index (χ3v) is 3.15. The monoisotopic (exact) mass is 153 g/mol. The zero-order valence-electron chi connectivity index (χ0n) is 7.02. The van der Waals surface area contributed by atoms with Crippen molar-refractivity contribution in [3.05, 3.63) is 0 Å². The molecule has 2 heteroatoms. The van der Waals surface area contributed by atoms with Crippen molar-refractivity contribution in [3.8, 4) is 0 Å². The Bertz CT molecular complexity index is 190. The molecular formula is C9H15NO. The molecule has 62 valence electrons. The van der Waals surface area contributed by atoms with E-state index in [1.807, 2.05) is 0 Å². The lowest BCUT2D eigenvalue weighted by Gasteiger charge is -2.19. The van der Waals surface area contributed by atoms with Crippen LogP contribution in [-0.4, -0.2) is 12.5 Å². The molecule has 0 unspecified atom stereocenters. The molecule has 1 heterocycles. The topological polar surface area (TPSA) is 29.1 Å². The van der Waals surface area contributed by atoms with Crippen molar-refractivity contribution < 1.29 is 4.79 Å². The van der Waals surface area contributed by atoms with Gasteiger partial charge in [0, 0.05) is 13.0 Å². The second-order valence-electron chi connectivity index (χ2n) is 4.30. The molecule has 2 rings (SSSR count). The van der Waals surface area contributed by atoms with Crippen LogP contribution in [0.25, 0.3) is 0 Å². The molecule has 2 aliphatic rings. The van der Waals surface area contributed by atoms with Crippen LogP contribution in [0, 0.1) is 11.3 Å². The van der Waals surface area contributed by atoms with Crippen LogP contribution >= 0.6 is 0 Å². The minimum absolute atomic E-state index is 0.263. The first kappa shape index (κ1) is 7.14. The highest BCUT2D eigenvalue weighted by Gasteiger charge is 2.42. The van der Waals surface area contributed by atoms with Crippen LogP contribution < -0.4 is 5.32 Å². The summed E-state index contributed by atoms with van der Waals surface area (Å²) in [5.41, 5.74) is 0.372. The molecule has 2 nitrogen and oxygen atoms in total. The van der Waals surface area contributed by atoms with Crippen molar-refractivity contribution in [1.29, 1.82) is 0 Å². The molecule has 0 aromatic rings. The lowest BCUT2D eigenvalue weighted by molar-refractivity contribution is -0.119. The Balaban J connectivity index is 2.07. The molecule has 1 saturated carbocycles. The van der Waals surface area contributed by atoms with E-state index >= 15 is 0 Å². The first-order chi connectivity index (χ1) is 5.20. The fourth-order valence-corrected chi connectivity index (χ4v) is 2.57. The molecule has 1 spiro atoms. The van der Waals surface area contributed by atoms with Gasteiger partial charge in [0.1, 0.15) is 0 Å². The largest absolute Gasteiger partial charge is 0.356 e. The summed E-state index contributed by atoms with van der Waals surface area (Å²) >= 11 is 0. The second kappa shape index (κ2) is 2.23. The molecule has 1 aliphatic carbocycles. The Hall–Kier alpha value is -0.530. The van der Waals surface area contributed by atoms with Crippen molar-refractivity contribution in [3.63, 3.8) is 0 Å². The zero-order chi connectivity index (χ0) is 7.90. The van der Waals surface area contributed by atoms with Gasteiger partial charge in [-0.1, -0.05) is 13.3 Å². The lowest BCUT2D eigenvalue weighted by Crippen LogP contribution is -2.20. The van der Waals surface area contributed by atoms with Crippen LogP contribution in [0.5, 0.6) is 0 Å². The van der Waals surface area contributed by atoms with E-state index in [2.05, 4.69) is 12.2 Å². The molecule has 0 aromatic heterocycles. The van der Waals surface area contributed by atoms with Gasteiger partial charge in [-0.2, -0.15) is 0 Å². The third kappa shape index (κ3) is 1.15. The van der Waals surface area contributed by atoms with Crippen LogP contribution in [0.4, 0.5) is 0 Å². The Kier molecular flexibility index (Phi) is 1.44. The Labute approximate surface area is 67.4 Å². The molecule has 1 aliphatic heterocycles. The molecule has 0 aromatic carbocycles. The lowest BCUT2D eigenvalue weighted by atomic mass is 9.85. The number of rotatable bonds is 0. The number of carbonyl (C=O) groups excluding carboxylic acids is 1. The van der Waals surface area contributed by atoms with Crippen molar-refractivity contribution in [2.45, 2.75) is 32.6 Å². The SMILES string of the molecule is C[C@@H]1CC[C@@]2(CNC(=O)C2)C1. The van der Waals surface area contributed by atoms with Gasteiger partial charge in [-0.15, -0.1) is 0 Å². The van der Waals surface area contributed by atoms with E-state index in [1.165, 1.54) is 19.3 Å². The number of hydrogen-bond acceptors (Lipinski definition) is 1. The van der Waals surface area contributed by atoms with Crippen LogP contribution in [-0.2, 0) is 4.79 Å². The summed E-state index contributed by atoms with van der Waals surface area (Å²) in [6, 6.07) is 0. The standard InChI is InChI=1S/C9H15NO/c1-7-2-3-9(4-7)5-8(11)10-6-9/h7H,2-6H2,1H3,(H,10,11)/t7-,9-/m1/s1. The smallest absolute Gasteiger partial charge is 0.220 e. The van der Waals surface area contributed by atoms with E-state index in [-0.39, 0.29) is 5.91 Å². The molecular weight excluding hydrogens is 138 g/mol. The number of nitrogens with one attached hydrogen (secondary N) is 1. The maximum atomic E-state index is 11.0. The number of amides is 1. The van der Waals surface area contributed by atoms with Crippen molar-refractivity contribution >= 4 is 5.91 Å². The minimum atomic E-state index is 0.263. The maximum absolute atomic E-state index is 11.0. The quantitative estimate of drug-likeness (QED) is 0.558. The Morgan fingerprint density at radius 3 is 2.91 bits per heavy atom. The Morgan fingerprint density at radius 1 is 1.64 bits per heavy atom. The van der Waals surface area contributed by atoms with Crippen LogP contribution in [0.15, 0.2) is 0 Å². The normalized spacial score (nSPS) is 43.4. The molecule has 11 heavy (non-hydrogen) atoms. The van der Waals surface area contributed by atoms with Gasteiger partial charge in [0.05, 0.1) is 0 Å². The van der Waals surface area contributed by atoms with Gasteiger partial charge >= 0.3 is 0 Å². The summed E-state index contributed by atoms with van der Waals surface area (Å²) in [5, 5.41) is 2.93. The summed E-state index contributed by atoms with van der Waals surface area (Å²) in [6.45, 7) is 3.23. The van der Waals surface area contributed by atoms with Crippen molar-refractivity contribution in [2.24, 2.45) is 11.3 Å². The predicted molar refractivity (Wildman–Crippen MR) is 43.1 cm³/mol. The number of hydrogen-bond donors (Lipinski definition) is 1. The summed E-state index contributed by atoms with van der Waals surface area (Å²) < 4.78 is 0. The summed E-state index contributed by atoms with van der Waals surface area (Å²) in [7, 11) is 0. The average molecular weight is 153 g/mol. The van der Waals surface area contributed by atoms with Gasteiger partial charge in [-0.3, -0.25) is 4.79 Å². The minimum Gasteiger partial charge on any atom is -0.356 e. The highest BCUT2D eigenvalue weighted by atomic mass is 16.1. The van der Waals surface area contributed by atoms with E-state index in [4.69, 9.17) is 0 Å². The van der Waals surface area contributed by atoms with Gasteiger partial charge in [0.15, 0.2) is 0 Å². The third-order valence-electron chi connectivity index (χ3n) is 3.15. The van der Waals surface area contributed by atoms with Crippen LogP contribution in [0.1, 0.15) is 32.6 Å². The van der Waals surface area contributed by atoms with Crippen LogP contribution in [0.2, 0.25) is 0 Å². The summed E-state index contributed by atoms with van der Waals surface area (Å²) in [4.78, 5) is 11.0. The molecule has 1 amide bonds. The van der Waals surface area contributed by atoms with E-state index in [9.17, 15) is 4.79 Å². The van der Waals surface area contributed by atoms with Gasteiger partial charge in [-0.25, -0.2) is 0 Å². The molecule has 2 atom stereocenters. The van der Waals surface area contributed by atoms with Crippen molar-refractivity contribution in [1.82, 2.24) is 5.32 Å².